The molecule has 0 unspecified atom stereocenters. The van der Waals surface area contributed by atoms with Gasteiger partial charge in [0.05, 0.1) is 16.8 Å². The van der Waals surface area contributed by atoms with Crippen molar-refractivity contribution >= 4 is 33.5 Å². The Morgan fingerprint density at radius 1 is 1.28 bits per heavy atom. The van der Waals surface area contributed by atoms with Gasteiger partial charge in [0.2, 0.25) is 5.89 Å². The van der Waals surface area contributed by atoms with E-state index in [4.69, 9.17) is 4.42 Å². The first-order chi connectivity index (χ1) is 11.9. The predicted octanol–water partition coefficient (Wildman–Crippen LogP) is 4.78. The van der Waals surface area contributed by atoms with Crippen molar-refractivity contribution in [3.8, 4) is 17.4 Å². The molecule has 2 aromatic carbocycles. The highest BCUT2D eigenvalue weighted by molar-refractivity contribution is 9.10. The van der Waals surface area contributed by atoms with E-state index in [1.807, 2.05) is 25.1 Å². The number of nitro benzene ring substituents is 1. The van der Waals surface area contributed by atoms with Crippen LogP contribution >= 0.6 is 15.9 Å². The van der Waals surface area contributed by atoms with Crippen LogP contribution < -0.4 is 0 Å². The molecule has 0 radical (unpaired) electrons. The van der Waals surface area contributed by atoms with Crippen molar-refractivity contribution in [3.05, 3.63) is 68.3 Å². The minimum atomic E-state index is -0.492. The molecule has 0 spiro atoms. The summed E-state index contributed by atoms with van der Waals surface area (Å²) in [5, 5.41) is 20.6. The Morgan fingerprint density at radius 3 is 2.64 bits per heavy atom. The molecule has 0 saturated heterocycles. The number of aryl methyl sites for hydroxylation is 1. The van der Waals surface area contributed by atoms with Crippen molar-refractivity contribution in [2.75, 3.05) is 0 Å². The van der Waals surface area contributed by atoms with Crippen LogP contribution in [0, 0.1) is 17.0 Å². The molecular formula is C17H12BrN3O4. The summed E-state index contributed by atoms with van der Waals surface area (Å²) < 4.78 is 6.03. The minimum absolute atomic E-state index is 0.0365. The molecule has 0 bridgehead atoms. The summed E-state index contributed by atoms with van der Waals surface area (Å²) in [4.78, 5) is 18.6. The Hall–Kier alpha value is -3.00. The molecule has 3 aromatic rings. The van der Waals surface area contributed by atoms with Crippen LogP contribution in [0.4, 0.5) is 11.4 Å². The first-order valence-electron chi connectivity index (χ1n) is 7.19. The Labute approximate surface area is 150 Å². The fraction of sp³-hybridized carbons (Fsp3) is 0.0588. The number of hydrogen-bond donors (Lipinski definition) is 1. The van der Waals surface area contributed by atoms with Gasteiger partial charge >= 0.3 is 5.95 Å². The average Bonchev–Trinajstić information content (AvgIpc) is 2.95. The van der Waals surface area contributed by atoms with Crippen molar-refractivity contribution in [1.82, 2.24) is 4.98 Å². The van der Waals surface area contributed by atoms with Gasteiger partial charge in [0.15, 0.2) is 5.69 Å². The quantitative estimate of drug-likeness (QED) is 0.385. The summed E-state index contributed by atoms with van der Waals surface area (Å²) in [6.45, 7) is 1.97. The topological polar surface area (TPSA) is 102 Å². The van der Waals surface area contributed by atoms with E-state index in [0.717, 1.165) is 10.0 Å². The van der Waals surface area contributed by atoms with E-state index in [-0.39, 0.29) is 23.2 Å². The summed E-state index contributed by atoms with van der Waals surface area (Å²) in [6.07, 6.45) is 1.39. The number of non-ortho nitro benzene ring substituents is 1. The molecule has 126 valence electrons. The Kier molecular flexibility index (Phi) is 4.62. The third kappa shape index (κ3) is 3.74. The second-order valence-electron chi connectivity index (χ2n) is 5.23. The molecule has 0 amide bonds. The van der Waals surface area contributed by atoms with Crippen LogP contribution in [-0.2, 0) is 0 Å². The highest BCUT2D eigenvalue weighted by Gasteiger charge is 2.14. The smallest absolute Gasteiger partial charge is 0.312 e. The number of aromatic nitrogens is 1. The summed E-state index contributed by atoms with van der Waals surface area (Å²) in [5.41, 5.74) is 2.42. The second kappa shape index (κ2) is 6.86. The predicted molar refractivity (Wildman–Crippen MR) is 96.4 cm³/mol. The first kappa shape index (κ1) is 16.8. The molecule has 1 heterocycles. The number of hydrogen-bond acceptors (Lipinski definition) is 6. The Bertz CT molecular complexity index is 965. The van der Waals surface area contributed by atoms with Gasteiger partial charge in [-0.15, -0.1) is 0 Å². The van der Waals surface area contributed by atoms with Crippen LogP contribution in [-0.4, -0.2) is 21.2 Å². The van der Waals surface area contributed by atoms with E-state index >= 15 is 0 Å². The number of benzene rings is 2. The van der Waals surface area contributed by atoms with Crippen molar-refractivity contribution in [2.24, 2.45) is 4.99 Å². The molecule has 7 nitrogen and oxygen atoms in total. The molecule has 0 atom stereocenters. The van der Waals surface area contributed by atoms with Gasteiger partial charge in [0, 0.05) is 22.2 Å². The molecule has 0 aliphatic rings. The third-order valence-electron chi connectivity index (χ3n) is 3.39. The summed E-state index contributed by atoms with van der Waals surface area (Å²) in [7, 11) is 0. The van der Waals surface area contributed by atoms with Crippen LogP contribution in [0.25, 0.3) is 11.5 Å². The number of nitro groups is 1. The van der Waals surface area contributed by atoms with Gasteiger partial charge in [-0.2, -0.15) is 0 Å². The largest absolute Gasteiger partial charge is 0.479 e. The molecule has 1 aromatic heterocycles. The van der Waals surface area contributed by atoms with E-state index in [9.17, 15) is 15.2 Å². The number of aromatic hydroxyl groups is 1. The first-order valence-corrected chi connectivity index (χ1v) is 7.98. The summed E-state index contributed by atoms with van der Waals surface area (Å²) in [5.74, 6) is -0.225. The van der Waals surface area contributed by atoms with Crippen molar-refractivity contribution in [1.29, 1.82) is 0 Å². The lowest BCUT2D eigenvalue weighted by atomic mass is 10.2. The van der Waals surface area contributed by atoms with Crippen LogP contribution in [0.2, 0.25) is 0 Å². The van der Waals surface area contributed by atoms with Gasteiger partial charge in [0.1, 0.15) is 0 Å². The van der Waals surface area contributed by atoms with Crippen LogP contribution in [0.15, 0.2) is 56.3 Å². The minimum Gasteiger partial charge on any atom is -0.479 e. The third-order valence-corrected chi connectivity index (χ3v) is 4.02. The molecule has 1 N–H and O–H groups in total. The Morgan fingerprint density at radius 2 is 2.00 bits per heavy atom. The van der Waals surface area contributed by atoms with Gasteiger partial charge in [0.25, 0.3) is 5.69 Å². The van der Waals surface area contributed by atoms with Gasteiger partial charge in [-0.1, -0.05) is 6.07 Å². The van der Waals surface area contributed by atoms with E-state index < -0.39 is 4.92 Å². The maximum Gasteiger partial charge on any atom is 0.312 e. The maximum absolute atomic E-state index is 10.7. The van der Waals surface area contributed by atoms with Crippen molar-refractivity contribution in [2.45, 2.75) is 6.92 Å². The SMILES string of the molecule is Cc1ccc(N=Cc2nc(-c3ccc([N+](=O)[O-])cc3)oc2O)c(Br)c1. The number of aliphatic imine (C=N–C) groups is 1. The fourth-order valence-electron chi connectivity index (χ4n) is 2.10. The molecule has 0 aliphatic heterocycles. The molecular weight excluding hydrogens is 390 g/mol. The zero-order valence-electron chi connectivity index (χ0n) is 13.0. The molecule has 0 aliphatic carbocycles. The lowest BCUT2D eigenvalue weighted by Crippen LogP contribution is -1.87. The van der Waals surface area contributed by atoms with Gasteiger partial charge < -0.3 is 9.52 Å². The Balaban J connectivity index is 1.87. The normalized spacial score (nSPS) is 11.1. The molecule has 0 saturated carbocycles. The average molecular weight is 402 g/mol. The van der Waals surface area contributed by atoms with Crippen LogP contribution in [0.3, 0.4) is 0 Å². The molecule has 8 heteroatoms. The fourth-order valence-corrected chi connectivity index (χ4v) is 2.70. The van der Waals surface area contributed by atoms with Gasteiger partial charge in [-0.3, -0.25) is 15.1 Å². The number of rotatable bonds is 4. The van der Waals surface area contributed by atoms with Crippen LogP contribution in [0.1, 0.15) is 11.3 Å². The van der Waals surface area contributed by atoms with Gasteiger partial charge in [-0.25, -0.2) is 4.98 Å². The number of nitrogens with zero attached hydrogens (tertiary/aromatic N) is 3. The summed E-state index contributed by atoms with van der Waals surface area (Å²) >= 11 is 3.42. The number of oxazole rings is 1. The zero-order chi connectivity index (χ0) is 18.0. The van der Waals surface area contributed by atoms with Crippen LogP contribution in [0.5, 0.6) is 5.95 Å². The second-order valence-corrected chi connectivity index (χ2v) is 6.08. The molecule has 25 heavy (non-hydrogen) atoms. The lowest BCUT2D eigenvalue weighted by molar-refractivity contribution is -0.384. The zero-order valence-corrected chi connectivity index (χ0v) is 14.6. The standard InChI is InChI=1S/C17H12BrN3O4/c1-10-2-7-14(13(18)8-10)19-9-15-17(22)25-16(20-15)11-3-5-12(6-4-11)21(23)24/h2-9,22H,1H3. The summed E-state index contributed by atoms with van der Waals surface area (Å²) in [6, 6.07) is 11.4. The van der Waals surface area contributed by atoms with E-state index in [2.05, 4.69) is 25.9 Å². The monoisotopic (exact) mass is 401 g/mol. The van der Waals surface area contributed by atoms with E-state index in [1.165, 1.54) is 30.5 Å². The van der Waals surface area contributed by atoms with E-state index in [0.29, 0.717) is 11.3 Å². The highest BCUT2D eigenvalue weighted by Crippen LogP contribution is 2.29. The van der Waals surface area contributed by atoms with Gasteiger partial charge in [-0.05, 0) is 52.7 Å². The number of halogens is 1. The molecule has 3 rings (SSSR count). The molecule has 0 fully saturated rings. The van der Waals surface area contributed by atoms with Crippen molar-refractivity contribution < 1.29 is 14.4 Å². The maximum atomic E-state index is 10.7. The lowest BCUT2D eigenvalue weighted by Gasteiger charge is -1.98. The highest BCUT2D eigenvalue weighted by atomic mass is 79.9. The van der Waals surface area contributed by atoms with Crippen molar-refractivity contribution in [3.63, 3.8) is 0 Å². The van der Waals surface area contributed by atoms with E-state index in [1.54, 1.807) is 0 Å².